The Morgan fingerprint density at radius 1 is 1.03 bits per heavy atom. The van der Waals surface area contributed by atoms with Gasteiger partial charge in [-0.15, -0.1) is 0 Å². The van der Waals surface area contributed by atoms with Crippen molar-refractivity contribution in [1.29, 1.82) is 0 Å². The molecule has 4 rings (SSSR count). The first kappa shape index (κ1) is 27.6. The van der Waals surface area contributed by atoms with Crippen LogP contribution < -0.4 is 4.74 Å². The number of ether oxygens (including phenoxy) is 1. The van der Waals surface area contributed by atoms with Crippen LogP contribution in [0.15, 0.2) is 48.5 Å². The Morgan fingerprint density at radius 2 is 1.65 bits per heavy atom. The van der Waals surface area contributed by atoms with Crippen molar-refractivity contribution in [3.8, 4) is 5.75 Å². The van der Waals surface area contributed by atoms with Crippen LogP contribution in [0.1, 0.15) is 17.0 Å². The van der Waals surface area contributed by atoms with Crippen LogP contribution in [0.3, 0.4) is 0 Å². The van der Waals surface area contributed by atoms with Crippen molar-refractivity contribution in [1.82, 2.24) is 19.0 Å². The van der Waals surface area contributed by atoms with Gasteiger partial charge >= 0.3 is 12.6 Å². The summed E-state index contributed by atoms with van der Waals surface area (Å²) >= 11 is 6.11. The Labute approximate surface area is 221 Å². The molecule has 2 saturated heterocycles. The molecule has 0 aliphatic carbocycles. The first-order valence-corrected chi connectivity index (χ1v) is 14.2. The summed E-state index contributed by atoms with van der Waals surface area (Å²) in [4.78, 5) is 19.1. The van der Waals surface area contributed by atoms with Crippen molar-refractivity contribution in [2.75, 3.05) is 52.6 Å². The summed E-state index contributed by atoms with van der Waals surface area (Å²) in [5.41, 5.74) is 2.00. The van der Waals surface area contributed by atoms with Crippen molar-refractivity contribution in [2.45, 2.75) is 25.1 Å². The highest BCUT2D eigenvalue weighted by atomic mass is 35.5. The second-order valence-corrected chi connectivity index (χ2v) is 11.9. The maximum Gasteiger partial charge on any atom is 0.387 e. The standard InChI is InChI=1S/C25H31ClF2N4O4S/c1-29(15-18-3-9-21(10-4-18)36-24(27)28)23-17-31(16-22(23)19-5-7-20(26)8-6-19)25(33)30-11-13-32(14-12-30)37(2,34)35/h3-10,22-24H,11-17H2,1-2H3/t22-,23-/m1/s1. The number of carbonyl (C=O) groups is 1. The number of nitrogens with zero attached hydrogens (tertiary/aromatic N) is 4. The van der Waals surface area contributed by atoms with Gasteiger partial charge in [0.25, 0.3) is 0 Å². The van der Waals surface area contributed by atoms with Crippen molar-refractivity contribution in [3.63, 3.8) is 0 Å². The summed E-state index contributed by atoms with van der Waals surface area (Å²) in [7, 11) is -1.30. The van der Waals surface area contributed by atoms with Crippen LogP contribution in [0.4, 0.5) is 13.6 Å². The van der Waals surface area contributed by atoms with E-state index in [2.05, 4.69) is 9.64 Å². The van der Waals surface area contributed by atoms with Gasteiger partial charge in [0.1, 0.15) is 5.75 Å². The monoisotopic (exact) mass is 556 g/mol. The first-order valence-electron chi connectivity index (χ1n) is 12.0. The molecule has 37 heavy (non-hydrogen) atoms. The number of likely N-dealkylation sites (tertiary alicyclic amines) is 1. The minimum absolute atomic E-state index is 0.000533. The van der Waals surface area contributed by atoms with Gasteiger partial charge in [0.05, 0.1) is 6.26 Å². The van der Waals surface area contributed by atoms with Crippen LogP contribution in [0, 0.1) is 0 Å². The third-order valence-electron chi connectivity index (χ3n) is 6.98. The smallest absolute Gasteiger partial charge is 0.387 e. The van der Waals surface area contributed by atoms with E-state index >= 15 is 0 Å². The zero-order valence-corrected chi connectivity index (χ0v) is 22.3. The maximum absolute atomic E-state index is 13.4. The number of benzene rings is 2. The first-order chi connectivity index (χ1) is 17.5. The number of rotatable bonds is 7. The normalized spacial score (nSPS) is 21.2. The average Bonchev–Trinajstić information content (AvgIpc) is 3.30. The molecule has 2 aromatic rings. The van der Waals surface area contributed by atoms with Crippen molar-refractivity contribution >= 4 is 27.7 Å². The Morgan fingerprint density at radius 3 is 2.22 bits per heavy atom. The van der Waals surface area contributed by atoms with Gasteiger partial charge in [-0.3, -0.25) is 4.90 Å². The number of alkyl halides is 2. The number of amides is 2. The molecule has 2 aliphatic heterocycles. The molecular formula is C25H31ClF2N4O4S. The highest BCUT2D eigenvalue weighted by Gasteiger charge is 2.40. The van der Waals surface area contributed by atoms with Crippen molar-refractivity contribution < 1.29 is 26.7 Å². The Bertz CT molecular complexity index is 1180. The lowest BCUT2D eigenvalue weighted by Gasteiger charge is -2.35. The summed E-state index contributed by atoms with van der Waals surface area (Å²) < 4.78 is 54.4. The summed E-state index contributed by atoms with van der Waals surface area (Å²) in [6.07, 6.45) is 1.18. The molecule has 0 bridgehead atoms. The maximum atomic E-state index is 13.4. The number of likely N-dealkylation sites (N-methyl/N-ethyl adjacent to an activating group) is 1. The van der Waals surface area contributed by atoms with Crippen LogP contribution in [0.5, 0.6) is 5.75 Å². The topological polar surface area (TPSA) is 73.4 Å². The molecule has 0 spiro atoms. The van der Waals surface area contributed by atoms with Crippen LogP contribution in [0.2, 0.25) is 5.02 Å². The molecule has 8 nitrogen and oxygen atoms in total. The summed E-state index contributed by atoms with van der Waals surface area (Å²) in [6.45, 7) is -0.0295. The largest absolute Gasteiger partial charge is 0.435 e. The fraction of sp³-hybridized carbons (Fsp3) is 0.480. The van der Waals surface area contributed by atoms with Gasteiger partial charge in [0, 0.05) is 62.8 Å². The lowest BCUT2D eigenvalue weighted by atomic mass is 9.93. The SMILES string of the molecule is CN(Cc1ccc(OC(F)F)cc1)[C@@H]1CN(C(=O)N2CCN(S(C)(=O)=O)CC2)C[C@@H]1c1ccc(Cl)cc1. The molecule has 2 aromatic carbocycles. The van der Waals surface area contributed by atoms with E-state index in [4.69, 9.17) is 11.6 Å². The molecule has 2 atom stereocenters. The van der Waals surface area contributed by atoms with Gasteiger partial charge in [-0.2, -0.15) is 13.1 Å². The molecule has 0 radical (unpaired) electrons. The zero-order valence-electron chi connectivity index (χ0n) is 20.8. The van der Waals surface area contributed by atoms with E-state index in [1.54, 1.807) is 17.0 Å². The third kappa shape index (κ3) is 6.90. The quantitative estimate of drug-likeness (QED) is 0.522. The minimum Gasteiger partial charge on any atom is -0.435 e. The number of urea groups is 1. The van der Waals surface area contributed by atoms with E-state index in [-0.39, 0.29) is 36.8 Å². The Kier molecular flexibility index (Phi) is 8.57. The molecule has 12 heteroatoms. The predicted octanol–water partition coefficient (Wildman–Crippen LogP) is 3.54. The summed E-state index contributed by atoms with van der Waals surface area (Å²) in [5.74, 6) is 0.138. The Hall–Kier alpha value is -2.47. The summed E-state index contributed by atoms with van der Waals surface area (Å²) in [5, 5.41) is 0.634. The molecule has 2 amide bonds. The van der Waals surface area contributed by atoms with Gasteiger partial charge in [-0.05, 0) is 42.4 Å². The van der Waals surface area contributed by atoms with Crippen LogP contribution in [0.25, 0.3) is 0 Å². The van der Waals surface area contributed by atoms with Gasteiger partial charge in [-0.1, -0.05) is 35.9 Å². The van der Waals surface area contributed by atoms with E-state index in [0.717, 1.165) is 11.1 Å². The number of piperazine rings is 1. The number of hydrogen-bond acceptors (Lipinski definition) is 5. The second kappa shape index (κ2) is 11.5. The van der Waals surface area contributed by atoms with E-state index < -0.39 is 16.6 Å². The van der Waals surface area contributed by atoms with Crippen LogP contribution in [-0.2, 0) is 16.6 Å². The Balaban J connectivity index is 1.47. The molecule has 0 unspecified atom stereocenters. The predicted molar refractivity (Wildman–Crippen MR) is 137 cm³/mol. The molecule has 2 fully saturated rings. The van der Waals surface area contributed by atoms with Crippen LogP contribution >= 0.6 is 11.6 Å². The van der Waals surface area contributed by atoms with Gasteiger partial charge in [-0.25, -0.2) is 13.2 Å². The molecule has 0 aromatic heterocycles. The number of hydrogen-bond donors (Lipinski definition) is 0. The van der Waals surface area contributed by atoms with Crippen molar-refractivity contribution in [3.05, 3.63) is 64.7 Å². The van der Waals surface area contributed by atoms with Gasteiger partial charge in [0.15, 0.2) is 0 Å². The van der Waals surface area contributed by atoms with E-state index in [9.17, 15) is 22.0 Å². The average molecular weight is 557 g/mol. The molecule has 2 aliphatic rings. The van der Waals surface area contributed by atoms with Gasteiger partial charge < -0.3 is 14.5 Å². The van der Waals surface area contributed by atoms with Crippen molar-refractivity contribution in [2.24, 2.45) is 0 Å². The lowest BCUT2D eigenvalue weighted by Crippen LogP contribution is -2.53. The fourth-order valence-corrected chi connectivity index (χ4v) is 5.97. The highest BCUT2D eigenvalue weighted by molar-refractivity contribution is 7.88. The number of sulfonamides is 1. The highest BCUT2D eigenvalue weighted by Crippen LogP contribution is 2.33. The third-order valence-corrected chi connectivity index (χ3v) is 8.54. The molecular weight excluding hydrogens is 526 g/mol. The molecule has 0 saturated carbocycles. The molecule has 2 heterocycles. The fourth-order valence-electron chi connectivity index (χ4n) is 5.02. The number of halogens is 3. The van der Waals surface area contributed by atoms with E-state index in [1.165, 1.54) is 22.7 Å². The molecule has 202 valence electrons. The summed E-state index contributed by atoms with van der Waals surface area (Å²) in [6, 6.07) is 14.1. The zero-order chi connectivity index (χ0) is 26.7. The minimum atomic E-state index is -3.28. The van der Waals surface area contributed by atoms with Gasteiger partial charge in [0.2, 0.25) is 10.0 Å². The lowest BCUT2D eigenvalue weighted by molar-refractivity contribution is -0.0498. The second-order valence-electron chi connectivity index (χ2n) is 9.50. The molecule has 0 N–H and O–H groups in total. The number of carbonyl (C=O) groups excluding carboxylic acids is 1. The van der Waals surface area contributed by atoms with E-state index in [1.807, 2.05) is 36.2 Å². The van der Waals surface area contributed by atoms with Crippen LogP contribution in [-0.4, -0.2) is 98.7 Å². The van der Waals surface area contributed by atoms with E-state index in [0.29, 0.717) is 37.7 Å².